The molecule has 3 rings (SSSR count). The lowest BCUT2D eigenvalue weighted by Gasteiger charge is -2.28. The van der Waals surface area contributed by atoms with Crippen LogP contribution in [0, 0.1) is 11.8 Å². The predicted octanol–water partition coefficient (Wildman–Crippen LogP) is 3.43. The molecule has 3 saturated carbocycles. The molecule has 2 atom stereocenters. The van der Waals surface area contributed by atoms with Crippen molar-refractivity contribution in [1.82, 2.24) is 10.6 Å². The van der Waals surface area contributed by atoms with E-state index in [4.69, 9.17) is 0 Å². The highest BCUT2D eigenvalue weighted by Crippen LogP contribution is 2.44. The number of nitrogens with one attached hydrogen (secondary N) is 2. The molecule has 0 aromatic carbocycles. The van der Waals surface area contributed by atoms with Crippen molar-refractivity contribution >= 4 is 29.9 Å². The molecule has 0 aromatic heterocycles. The van der Waals surface area contributed by atoms with Gasteiger partial charge in [0.15, 0.2) is 5.96 Å². The molecule has 0 amide bonds. The maximum Gasteiger partial charge on any atom is 0.191 e. The van der Waals surface area contributed by atoms with Gasteiger partial charge >= 0.3 is 0 Å². The van der Waals surface area contributed by atoms with E-state index in [1.165, 1.54) is 38.5 Å². The van der Waals surface area contributed by atoms with Crippen LogP contribution in [0.15, 0.2) is 4.99 Å². The Bertz CT molecular complexity index is 376. The first-order valence-corrected chi connectivity index (χ1v) is 9.52. The van der Waals surface area contributed by atoms with Crippen LogP contribution in [0.4, 0.5) is 0 Å². The molecule has 4 nitrogen and oxygen atoms in total. The molecule has 0 bridgehead atoms. The summed E-state index contributed by atoms with van der Waals surface area (Å²) >= 11 is 0. The Balaban J connectivity index is 0.00000192. The number of hydrogen-bond donors (Lipinski definition) is 3. The molecule has 3 aliphatic rings. The summed E-state index contributed by atoms with van der Waals surface area (Å²) in [4.78, 5) is 4.63. The van der Waals surface area contributed by atoms with E-state index < -0.39 is 0 Å². The SMILES string of the molecule is CCN=C(NC1CCC(O)CC1)NC1CC1C1CCCCC1.I. The van der Waals surface area contributed by atoms with Crippen LogP contribution in [0.3, 0.4) is 0 Å². The van der Waals surface area contributed by atoms with Crippen LogP contribution in [-0.2, 0) is 0 Å². The number of halogens is 1. The average Bonchev–Trinajstić information content (AvgIpc) is 3.30. The fourth-order valence-electron chi connectivity index (χ4n) is 4.34. The first-order valence-electron chi connectivity index (χ1n) is 9.52. The van der Waals surface area contributed by atoms with Gasteiger partial charge in [-0.1, -0.05) is 32.1 Å². The Morgan fingerprint density at radius 3 is 2.35 bits per heavy atom. The van der Waals surface area contributed by atoms with Crippen molar-refractivity contribution in [3.63, 3.8) is 0 Å². The average molecular weight is 435 g/mol. The van der Waals surface area contributed by atoms with Gasteiger partial charge in [0.1, 0.15) is 0 Å². The van der Waals surface area contributed by atoms with Crippen LogP contribution in [0.1, 0.15) is 71.1 Å². The van der Waals surface area contributed by atoms with E-state index in [2.05, 4.69) is 22.5 Å². The number of rotatable bonds is 4. The summed E-state index contributed by atoms with van der Waals surface area (Å²) in [6.45, 7) is 2.92. The molecule has 0 heterocycles. The predicted molar refractivity (Wildman–Crippen MR) is 106 cm³/mol. The fraction of sp³-hybridized carbons (Fsp3) is 0.944. The summed E-state index contributed by atoms with van der Waals surface area (Å²) in [5, 5.41) is 16.9. The standard InChI is InChI=1S/C18H33N3O.HI/c1-2-19-18(20-14-8-10-15(22)11-9-14)21-17-12-16(17)13-6-4-3-5-7-13;/h13-17,22H,2-12H2,1H3,(H2,19,20,21);1H. The minimum atomic E-state index is -0.0864. The van der Waals surface area contributed by atoms with Gasteiger partial charge in [-0.2, -0.15) is 0 Å². The maximum absolute atomic E-state index is 9.63. The van der Waals surface area contributed by atoms with Crippen molar-refractivity contribution < 1.29 is 5.11 Å². The smallest absolute Gasteiger partial charge is 0.191 e. The Labute approximate surface area is 158 Å². The number of aliphatic imine (C=N–C) groups is 1. The van der Waals surface area contributed by atoms with Crippen LogP contribution < -0.4 is 10.6 Å². The zero-order valence-electron chi connectivity index (χ0n) is 14.5. The Hall–Kier alpha value is -0.0400. The van der Waals surface area contributed by atoms with Crippen molar-refractivity contribution in [3.8, 4) is 0 Å². The molecule has 0 spiro atoms. The van der Waals surface area contributed by atoms with Gasteiger partial charge in [0.2, 0.25) is 0 Å². The van der Waals surface area contributed by atoms with Gasteiger partial charge in [-0.3, -0.25) is 4.99 Å². The third kappa shape index (κ3) is 5.76. The van der Waals surface area contributed by atoms with Crippen molar-refractivity contribution in [2.45, 2.75) is 89.3 Å². The lowest BCUT2D eigenvalue weighted by Crippen LogP contribution is -2.46. The van der Waals surface area contributed by atoms with E-state index in [0.29, 0.717) is 12.1 Å². The first kappa shape index (κ1) is 19.3. The summed E-state index contributed by atoms with van der Waals surface area (Å²) in [7, 11) is 0. The highest BCUT2D eigenvalue weighted by atomic mass is 127. The van der Waals surface area contributed by atoms with Crippen molar-refractivity contribution in [2.24, 2.45) is 16.8 Å². The fourth-order valence-corrected chi connectivity index (χ4v) is 4.34. The minimum absolute atomic E-state index is 0. The van der Waals surface area contributed by atoms with Crippen LogP contribution >= 0.6 is 24.0 Å². The first-order chi connectivity index (χ1) is 10.8. The summed E-state index contributed by atoms with van der Waals surface area (Å²) < 4.78 is 0. The van der Waals surface area contributed by atoms with Crippen LogP contribution in [-0.4, -0.2) is 35.8 Å². The van der Waals surface area contributed by atoms with Crippen molar-refractivity contribution in [2.75, 3.05) is 6.54 Å². The van der Waals surface area contributed by atoms with E-state index in [1.54, 1.807) is 0 Å². The molecule has 134 valence electrons. The molecular weight excluding hydrogens is 401 g/mol. The molecule has 3 N–H and O–H groups in total. The normalized spacial score (nSPS) is 35.3. The number of aliphatic hydroxyl groups is 1. The largest absolute Gasteiger partial charge is 0.393 e. The summed E-state index contributed by atoms with van der Waals surface area (Å²) in [5.74, 6) is 2.85. The van der Waals surface area contributed by atoms with Crippen molar-refractivity contribution in [1.29, 1.82) is 0 Å². The highest BCUT2D eigenvalue weighted by molar-refractivity contribution is 14.0. The lowest BCUT2D eigenvalue weighted by molar-refractivity contribution is 0.120. The zero-order chi connectivity index (χ0) is 15.4. The van der Waals surface area contributed by atoms with Crippen molar-refractivity contribution in [3.05, 3.63) is 0 Å². The minimum Gasteiger partial charge on any atom is -0.393 e. The van der Waals surface area contributed by atoms with E-state index >= 15 is 0 Å². The third-order valence-corrected chi connectivity index (χ3v) is 5.77. The second kappa shape index (κ2) is 9.44. The zero-order valence-corrected chi connectivity index (χ0v) is 16.8. The topological polar surface area (TPSA) is 56.7 Å². The number of hydrogen-bond acceptors (Lipinski definition) is 2. The summed E-state index contributed by atoms with van der Waals surface area (Å²) in [5.41, 5.74) is 0. The monoisotopic (exact) mass is 435 g/mol. The summed E-state index contributed by atoms with van der Waals surface area (Å²) in [6, 6.07) is 1.13. The van der Waals surface area contributed by atoms with E-state index in [9.17, 15) is 5.11 Å². The van der Waals surface area contributed by atoms with Crippen LogP contribution in [0.25, 0.3) is 0 Å². The second-order valence-electron chi connectivity index (χ2n) is 7.52. The molecule has 0 saturated heterocycles. The van der Waals surface area contributed by atoms with Gasteiger partial charge in [0.05, 0.1) is 6.10 Å². The molecule has 3 fully saturated rings. The molecule has 2 unspecified atom stereocenters. The lowest BCUT2D eigenvalue weighted by atomic mass is 9.85. The molecular formula is C18H34IN3O. The van der Waals surface area contributed by atoms with Gasteiger partial charge < -0.3 is 15.7 Å². The van der Waals surface area contributed by atoms with Gasteiger partial charge in [-0.25, -0.2) is 0 Å². The quantitative estimate of drug-likeness (QED) is 0.360. The third-order valence-electron chi connectivity index (χ3n) is 5.77. The van der Waals surface area contributed by atoms with E-state index in [-0.39, 0.29) is 30.1 Å². The van der Waals surface area contributed by atoms with Crippen LogP contribution in [0.5, 0.6) is 0 Å². The Morgan fingerprint density at radius 1 is 1.00 bits per heavy atom. The van der Waals surface area contributed by atoms with Gasteiger partial charge in [-0.05, 0) is 50.9 Å². The van der Waals surface area contributed by atoms with Crippen LogP contribution in [0.2, 0.25) is 0 Å². The Morgan fingerprint density at radius 2 is 1.70 bits per heavy atom. The number of aliphatic hydroxyl groups excluding tert-OH is 1. The van der Waals surface area contributed by atoms with Gasteiger partial charge in [0, 0.05) is 18.6 Å². The number of guanidine groups is 1. The second-order valence-corrected chi connectivity index (χ2v) is 7.52. The molecule has 0 aromatic rings. The van der Waals surface area contributed by atoms with E-state index in [1.807, 2.05) is 0 Å². The maximum atomic E-state index is 9.63. The highest BCUT2D eigenvalue weighted by Gasteiger charge is 2.43. The van der Waals surface area contributed by atoms with E-state index in [0.717, 1.165) is 50.0 Å². The number of nitrogens with zero attached hydrogens (tertiary/aromatic N) is 1. The molecule has 5 heteroatoms. The summed E-state index contributed by atoms with van der Waals surface area (Å²) in [6.07, 6.45) is 12.4. The molecule has 0 aliphatic heterocycles. The molecule has 23 heavy (non-hydrogen) atoms. The molecule has 3 aliphatic carbocycles. The van der Waals surface area contributed by atoms with Gasteiger partial charge in [0.25, 0.3) is 0 Å². The molecule has 0 radical (unpaired) electrons. The van der Waals surface area contributed by atoms with Gasteiger partial charge in [-0.15, -0.1) is 24.0 Å². The Kier molecular flexibility index (Phi) is 7.92.